The molecule has 1 fully saturated rings. The van der Waals surface area contributed by atoms with Crippen LogP contribution in [0.2, 0.25) is 5.02 Å². The summed E-state index contributed by atoms with van der Waals surface area (Å²) in [7, 11) is -3.95. The van der Waals surface area contributed by atoms with Crippen LogP contribution < -0.4 is 5.73 Å². The minimum Gasteiger partial charge on any atom is -0.395 e. The van der Waals surface area contributed by atoms with Crippen LogP contribution in [0, 0.1) is 11.2 Å². The van der Waals surface area contributed by atoms with Gasteiger partial charge in [0, 0.05) is 13.1 Å². The Hall–Kier alpha value is -0.370. The Kier molecular flexibility index (Phi) is 4.60. The summed E-state index contributed by atoms with van der Waals surface area (Å²) >= 11 is 8.96. The van der Waals surface area contributed by atoms with Crippen LogP contribution >= 0.6 is 27.5 Å². The summed E-state index contributed by atoms with van der Waals surface area (Å²) in [6.45, 7) is 4.71. The number of nitrogen functional groups attached to an aromatic ring is 1. The normalized spacial score (nSPS) is 19.7. The Morgan fingerprint density at radius 2 is 2.10 bits per heavy atom. The minimum atomic E-state index is -3.95. The first kappa shape index (κ1) is 17.0. The second kappa shape index (κ2) is 5.68. The monoisotopic (exact) mass is 398 g/mol. The number of hydrogen-bond acceptors (Lipinski definition) is 3. The van der Waals surface area contributed by atoms with Crippen LogP contribution in [0.25, 0.3) is 0 Å². The van der Waals surface area contributed by atoms with Gasteiger partial charge >= 0.3 is 0 Å². The van der Waals surface area contributed by atoms with Gasteiger partial charge in [0.2, 0.25) is 10.0 Å². The van der Waals surface area contributed by atoms with E-state index >= 15 is 0 Å². The zero-order chi connectivity index (χ0) is 16.0. The molecule has 1 saturated heterocycles. The van der Waals surface area contributed by atoms with Gasteiger partial charge in [-0.25, -0.2) is 12.8 Å². The highest BCUT2D eigenvalue weighted by molar-refractivity contribution is 9.10. The highest BCUT2D eigenvalue weighted by Gasteiger charge is 2.36. The molecule has 0 unspecified atom stereocenters. The van der Waals surface area contributed by atoms with E-state index in [1.807, 2.05) is 13.8 Å². The number of hydrogen-bond donors (Lipinski definition) is 1. The van der Waals surface area contributed by atoms with Crippen LogP contribution in [-0.4, -0.2) is 25.8 Å². The molecule has 0 bridgehead atoms. The lowest BCUT2D eigenvalue weighted by atomic mass is 9.85. The maximum atomic E-state index is 14.3. The van der Waals surface area contributed by atoms with E-state index in [1.54, 1.807) is 0 Å². The van der Waals surface area contributed by atoms with Crippen molar-refractivity contribution < 1.29 is 12.8 Å². The second-order valence-electron chi connectivity index (χ2n) is 6.00. The number of halogens is 3. The summed E-state index contributed by atoms with van der Waals surface area (Å²) in [4.78, 5) is -0.467. The summed E-state index contributed by atoms with van der Waals surface area (Å²) in [6.07, 6.45) is 1.68. The Morgan fingerprint density at radius 1 is 1.48 bits per heavy atom. The maximum absolute atomic E-state index is 14.3. The zero-order valence-electron chi connectivity index (χ0n) is 11.8. The molecule has 4 nitrogen and oxygen atoms in total. The van der Waals surface area contributed by atoms with E-state index in [-0.39, 0.29) is 20.6 Å². The Morgan fingerprint density at radius 3 is 2.67 bits per heavy atom. The summed E-state index contributed by atoms with van der Waals surface area (Å²) < 4.78 is 41.1. The lowest BCUT2D eigenvalue weighted by molar-refractivity contribution is 0.186. The van der Waals surface area contributed by atoms with E-state index in [4.69, 9.17) is 17.3 Å². The fourth-order valence-corrected chi connectivity index (χ4v) is 4.84. The molecule has 0 aromatic heterocycles. The van der Waals surface area contributed by atoms with Gasteiger partial charge in [0.15, 0.2) is 5.82 Å². The molecular formula is C13H17BrClFN2O2S. The summed E-state index contributed by atoms with van der Waals surface area (Å²) in [6, 6.07) is 1.11. The van der Waals surface area contributed by atoms with Crippen LogP contribution in [0.5, 0.6) is 0 Å². The van der Waals surface area contributed by atoms with Gasteiger partial charge in [0.1, 0.15) is 4.90 Å². The van der Waals surface area contributed by atoms with Crippen molar-refractivity contribution in [3.63, 3.8) is 0 Å². The van der Waals surface area contributed by atoms with Crippen molar-refractivity contribution in [3.05, 3.63) is 21.4 Å². The van der Waals surface area contributed by atoms with Crippen molar-refractivity contribution in [1.82, 2.24) is 4.31 Å². The van der Waals surface area contributed by atoms with E-state index in [2.05, 4.69) is 15.9 Å². The highest BCUT2D eigenvalue weighted by atomic mass is 79.9. The van der Waals surface area contributed by atoms with Crippen molar-refractivity contribution in [2.24, 2.45) is 5.41 Å². The molecule has 1 heterocycles. The van der Waals surface area contributed by atoms with Crippen LogP contribution in [0.15, 0.2) is 15.4 Å². The van der Waals surface area contributed by atoms with Gasteiger partial charge in [-0.2, -0.15) is 4.31 Å². The molecule has 1 aliphatic rings. The molecule has 8 heteroatoms. The minimum absolute atomic E-state index is 0.0729. The number of nitrogens with zero attached hydrogens (tertiary/aromatic N) is 1. The number of sulfonamides is 1. The Labute approximate surface area is 137 Å². The van der Waals surface area contributed by atoms with Crippen LogP contribution in [0.4, 0.5) is 10.1 Å². The van der Waals surface area contributed by atoms with Crippen LogP contribution in [0.1, 0.15) is 26.7 Å². The fourth-order valence-electron chi connectivity index (χ4n) is 2.50. The van der Waals surface area contributed by atoms with Crippen molar-refractivity contribution in [2.75, 3.05) is 18.8 Å². The molecule has 1 aromatic carbocycles. The first-order valence-electron chi connectivity index (χ1n) is 6.49. The predicted octanol–water partition coefficient (Wildman–Crippen LogP) is 3.63. The van der Waals surface area contributed by atoms with Gasteiger partial charge in [0.05, 0.1) is 15.2 Å². The third-order valence-corrected chi connectivity index (χ3v) is 6.87. The summed E-state index contributed by atoms with van der Waals surface area (Å²) in [5.41, 5.74) is 5.15. The van der Waals surface area contributed by atoms with Crippen LogP contribution in [-0.2, 0) is 10.0 Å². The molecule has 0 radical (unpaired) electrons. The van der Waals surface area contributed by atoms with E-state index in [0.29, 0.717) is 13.1 Å². The van der Waals surface area contributed by atoms with E-state index < -0.39 is 20.7 Å². The molecule has 21 heavy (non-hydrogen) atoms. The maximum Gasteiger partial charge on any atom is 0.246 e. The molecular weight excluding hydrogens is 383 g/mol. The largest absolute Gasteiger partial charge is 0.395 e. The van der Waals surface area contributed by atoms with E-state index in [9.17, 15) is 12.8 Å². The van der Waals surface area contributed by atoms with Gasteiger partial charge in [-0.3, -0.25) is 0 Å². The van der Waals surface area contributed by atoms with Crippen molar-refractivity contribution in [1.29, 1.82) is 0 Å². The number of nitrogens with two attached hydrogens (primary N) is 1. The molecule has 0 spiro atoms. The van der Waals surface area contributed by atoms with Gasteiger partial charge in [-0.05, 0) is 40.3 Å². The van der Waals surface area contributed by atoms with Crippen molar-refractivity contribution >= 4 is 43.2 Å². The van der Waals surface area contributed by atoms with Crippen LogP contribution in [0.3, 0.4) is 0 Å². The van der Waals surface area contributed by atoms with Crippen molar-refractivity contribution in [2.45, 2.75) is 31.6 Å². The van der Waals surface area contributed by atoms with Gasteiger partial charge in [-0.15, -0.1) is 0 Å². The lowest BCUT2D eigenvalue weighted by Gasteiger charge is -2.37. The van der Waals surface area contributed by atoms with Gasteiger partial charge in [0.25, 0.3) is 0 Å². The molecule has 0 amide bonds. The average Bonchev–Trinajstić information content (AvgIpc) is 2.39. The molecule has 1 aromatic rings. The number of benzene rings is 1. The molecule has 0 saturated carbocycles. The number of piperidine rings is 1. The highest BCUT2D eigenvalue weighted by Crippen LogP contribution is 2.37. The van der Waals surface area contributed by atoms with E-state index in [1.165, 1.54) is 4.31 Å². The van der Waals surface area contributed by atoms with Crippen molar-refractivity contribution in [3.8, 4) is 0 Å². The number of rotatable bonds is 2. The van der Waals surface area contributed by atoms with Gasteiger partial charge in [-0.1, -0.05) is 25.4 Å². The summed E-state index contributed by atoms with van der Waals surface area (Å²) in [5, 5.41) is 0.0729. The first-order valence-corrected chi connectivity index (χ1v) is 9.10. The number of anilines is 1. The second-order valence-corrected chi connectivity index (χ2v) is 9.11. The third-order valence-electron chi connectivity index (χ3n) is 3.64. The molecule has 1 aliphatic heterocycles. The molecule has 118 valence electrons. The van der Waals surface area contributed by atoms with E-state index in [0.717, 1.165) is 18.9 Å². The standard InChI is InChI=1S/C13H17BrClFN2O2S/c1-13(2)4-3-5-18(7-13)21(19,20)9-6-8(15)10(14)12(17)11(9)16/h6H,3-5,7,17H2,1-2H3. The smallest absolute Gasteiger partial charge is 0.246 e. The molecule has 2 N–H and O–H groups in total. The Bertz CT molecular complexity index is 679. The molecule has 2 rings (SSSR count). The SMILES string of the molecule is CC1(C)CCCN(S(=O)(=O)c2cc(Cl)c(Br)c(N)c2F)C1. The molecule has 0 aliphatic carbocycles. The zero-order valence-corrected chi connectivity index (χ0v) is 14.9. The predicted molar refractivity (Wildman–Crippen MR) is 85.3 cm³/mol. The average molecular weight is 400 g/mol. The quantitative estimate of drug-likeness (QED) is 0.610. The Balaban J connectivity index is 2.50. The molecule has 0 atom stereocenters. The first-order chi connectivity index (χ1) is 9.56. The van der Waals surface area contributed by atoms with Gasteiger partial charge < -0.3 is 5.73 Å². The fraction of sp³-hybridized carbons (Fsp3) is 0.538. The lowest BCUT2D eigenvalue weighted by Crippen LogP contribution is -2.43. The summed E-state index contributed by atoms with van der Waals surface area (Å²) in [5.74, 6) is -0.963. The topological polar surface area (TPSA) is 63.4 Å². The third kappa shape index (κ3) is 3.21.